The van der Waals surface area contributed by atoms with E-state index >= 15 is 0 Å². The Morgan fingerprint density at radius 3 is 2.64 bits per heavy atom. The Bertz CT molecular complexity index is 284. The number of hydrogen-bond donors (Lipinski definition) is 0. The van der Waals surface area contributed by atoms with Gasteiger partial charge in [0, 0.05) is 5.92 Å². The number of halogens is 2. The molecule has 0 aromatic carbocycles. The van der Waals surface area contributed by atoms with Gasteiger partial charge in [-0.05, 0) is 44.7 Å². The summed E-state index contributed by atoms with van der Waals surface area (Å²) < 4.78 is 1.87. The van der Waals surface area contributed by atoms with Gasteiger partial charge in [-0.25, -0.2) is 9.97 Å². The number of hydrogen-bond acceptors (Lipinski definition) is 2. The first kappa shape index (κ1) is 7.68. The van der Waals surface area contributed by atoms with E-state index in [4.69, 9.17) is 0 Å². The molecule has 0 aliphatic heterocycles. The van der Waals surface area contributed by atoms with Crippen molar-refractivity contribution in [1.82, 2.24) is 9.97 Å². The molecule has 0 atom stereocenters. The van der Waals surface area contributed by atoms with Crippen molar-refractivity contribution in [3.05, 3.63) is 21.1 Å². The topological polar surface area (TPSA) is 25.8 Å². The van der Waals surface area contributed by atoms with Crippen LogP contribution in [0.3, 0.4) is 0 Å². The van der Waals surface area contributed by atoms with Crippen molar-refractivity contribution in [3.63, 3.8) is 0 Å². The molecule has 1 aromatic rings. The first-order valence-electron chi connectivity index (χ1n) is 3.45. The molecule has 11 heavy (non-hydrogen) atoms. The van der Waals surface area contributed by atoms with E-state index in [2.05, 4.69) is 41.8 Å². The molecule has 1 saturated carbocycles. The van der Waals surface area contributed by atoms with E-state index in [0.29, 0.717) is 5.92 Å². The average molecular weight is 278 g/mol. The Hall–Kier alpha value is 0.0400. The molecule has 1 aromatic heterocycles. The van der Waals surface area contributed by atoms with Gasteiger partial charge in [-0.2, -0.15) is 0 Å². The van der Waals surface area contributed by atoms with Crippen LogP contribution in [0, 0.1) is 0 Å². The molecule has 0 N–H and O–H groups in total. The quantitative estimate of drug-likeness (QED) is 0.738. The third kappa shape index (κ3) is 1.47. The highest BCUT2D eigenvalue weighted by molar-refractivity contribution is 9.13. The molecule has 0 amide bonds. The van der Waals surface area contributed by atoms with Gasteiger partial charge >= 0.3 is 0 Å². The molecular weight excluding hydrogens is 272 g/mol. The minimum atomic E-state index is 0.670. The van der Waals surface area contributed by atoms with E-state index in [9.17, 15) is 0 Å². The first-order valence-corrected chi connectivity index (χ1v) is 5.03. The lowest BCUT2D eigenvalue weighted by molar-refractivity contribution is 0.960. The zero-order valence-electron chi connectivity index (χ0n) is 5.72. The first-order chi connectivity index (χ1) is 5.29. The molecule has 0 spiro atoms. The molecule has 1 fully saturated rings. The summed E-state index contributed by atoms with van der Waals surface area (Å²) in [4.78, 5) is 8.22. The molecule has 1 aliphatic rings. The Morgan fingerprint density at radius 2 is 2.00 bits per heavy atom. The predicted molar refractivity (Wildman–Crippen MR) is 49.4 cm³/mol. The molecule has 58 valence electrons. The highest BCUT2D eigenvalue weighted by atomic mass is 79.9. The van der Waals surface area contributed by atoms with Gasteiger partial charge in [0.05, 0.1) is 10.2 Å². The summed E-state index contributed by atoms with van der Waals surface area (Å²) in [5.74, 6) is 0.670. The zero-order valence-corrected chi connectivity index (χ0v) is 8.89. The SMILES string of the molecule is Brc1ncnc(C2CC2)c1Br. The fraction of sp³-hybridized carbons (Fsp3) is 0.429. The maximum atomic E-state index is 4.21. The lowest BCUT2D eigenvalue weighted by atomic mass is 10.3. The van der Waals surface area contributed by atoms with Crippen molar-refractivity contribution in [1.29, 1.82) is 0 Å². The number of nitrogens with zero attached hydrogens (tertiary/aromatic N) is 2. The second kappa shape index (κ2) is 2.83. The molecule has 2 rings (SSSR count). The van der Waals surface area contributed by atoms with Crippen LogP contribution in [-0.2, 0) is 0 Å². The minimum absolute atomic E-state index is 0.670. The van der Waals surface area contributed by atoms with Crippen molar-refractivity contribution in [3.8, 4) is 0 Å². The molecule has 2 nitrogen and oxygen atoms in total. The monoisotopic (exact) mass is 276 g/mol. The van der Waals surface area contributed by atoms with Crippen LogP contribution in [0.4, 0.5) is 0 Å². The summed E-state index contributed by atoms with van der Waals surface area (Å²) >= 11 is 6.79. The maximum absolute atomic E-state index is 4.21. The summed E-state index contributed by atoms with van der Waals surface area (Å²) in [6, 6.07) is 0. The molecule has 0 unspecified atom stereocenters. The smallest absolute Gasteiger partial charge is 0.123 e. The van der Waals surface area contributed by atoms with Crippen LogP contribution in [0.2, 0.25) is 0 Å². The summed E-state index contributed by atoms with van der Waals surface area (Å²) in [6.07, 6.45) is 4.13. The third-order valence-electron chi connectivity index (χ3n) is 1.74. The van der Waals surface area contributed by atoms with E-state index in [0.717, 1.165) is 14.8 Å². The highest BCUT2D eigenvalue weighted by Gasteiger charge is 2.27. The van der Waals surface area contributed by atoms with Crippen LogP contribution in [0.5, 0.6) is 0 Å². The van der Waals surface area contributed by atoms with E-state index in [1.165, 1.54) is 12.8 Å². The van der Waals surface area contributed by atoms with Gasteiger partial charge in [-0.3, -0.25) is 0 Å². The number of rotatable bonds is 1. The molecule has 0 saturated heterocycles. The normalized spacial score (nSPS) is 16.9. The van der Waals surface area contributed by atoms with Crippen LogP contribution >= 0.6 is 31.9 Å². The predicted octanol–water partition coefficient (Wildman–Crippen LogP) is 2.88. The summed E-state index contributed by atoms with van der Waals surface area (Å²) in [5, 5.41) is 0. The van der Waals surface area contributed by atoms with Gasteiger partial charge in [0.25, 0.3) is 0 Å². The molecule has 0 radical (unpaired) electrons. The third-order valence-corrected chi connectivity index (χ3v) is 3.65. The fourth-order valence-corrected chi connectivity index (χ4v) is 1.83. The fourth-order valence-electron chi connectivity index (χ4n) is 1.00. The van der Waals surface area contributed by atoms with Gasteiger partial charge in [0.1, 0.15) is 10.9 Å². The summed E-state index contributed by atoms with van der Waals surface area (Å²) in [5.41, 5.74) is 1.15. The molecule has 1 heterocycles. The molecular formula is C7H6Br2N2. The second-order valence-electron chi connectivity index (χ2n) is 2.64. The van der Waals surface area contributed by atoms with Crippen LogP contribution < -0.4 is 0 Å². The summed E-state index contributed by atoms with van der Waals surface area (Å²) in [7, 11) is 0. The Labute approximate surface area is 81.7 Å². The lowest BCUT2D eigenvalue weighted by Gasteiger charge is -2.00. The van der Waals surface area contributed by atoms with E-state index in [1.807, 2.05) is 0 Å². The Kier molecular flexibility index (Phi) is 1.97. The zero-order chi connectivity index (χ0) is 7.84. The average Bonchev–Trinajstić information content (AvgIpc) is 2.77. The van der Waals surface area contributed by atoms with Crippen molar-refractivity contribution in [2.45, 2.75) is 18.8 Å². The standard InChI is InChI=1S/C7H6Br2N2/c8-5-6(4-1-2-4)10-3-11-7(5)9/h3-4H,1-2H2. The maximum Gasteiger partial charge on any atom is 0.123 e. The largest absolute Gasteiger partial charge is 0.240 e. The Balaban J connectivity index is 2.45. The van der Waals surface area contributed by atoms with E-state index in [1.54, 1.807) is 6.33 Å². The van der Waals surface area contributed by atoms with Crippen LogP contribution in [-0.4, -0.2) is 9.97 Å². The molecule has 0 bridgehead atoms. The summed E-state index contributed by atoms with van der Waals surface area (Å²) in [6.45, 7) is 0. The molecule has 4 heteroatoms. The van der Waals surface area contributed by atoms with Crippen molar-refractivity contribution < 1.29 is 0 Å². The van der Waals surface area contributed by atoms with E-state index in [-0.39, 0.29) is 0 Å². The van der Waals surface area contributed by atoms with Gasteiger partial charge < -0.3 is 0 Å². The molecule has 1 aliphatic carbocycles. The second-order valence-corrected chi connectivity index (χ2v) is 4.18. The van der Waals surface area contributed by atoms with Gasteiger partial charge in [0.15, 0.2) is 0 Å². The van der Waals surface area contributed by atoms with Crippen LogP contribution in [0.1, 0.15) is 24.5 Å². The van der Waals surface area contributed by atoms with Gasteiger partial charge in [-0.1, -0.05) is 0 Å². The highest BCUT2D eigenvalue weighted by Crippen LogP contribution is 2.43. The van der Waals surface area contributed by atoms with Crippen LogP contribution in [0.25, 0.3) is 0 Å². The van der Waals surface area contributed by atoms with Gasteiger partial charge in [-0.15, -0.1) is 0 Å². The lowest BCUT2D eigenvalue weighted by Crippen LogP contribution is -1.90. The van der Waals surface area contributed by atoms with Crippen LogP contribution in [0.15, 0.2) is 15.4 Å². The van der Waals surface area contributed by atoms with Crippen molar-refractivity contribution in [2.75, 3.05) is 0 Å². The minimum Gasteiger partial charge on any atom is -0.240 e. The van der Waals surface area contributed by atoms with Crippen molar-refractivity contribution >= 4 is 31.9 Å². The van der Waals surface area contributed by atoms with Gasteiger partial charge in [0.2, 0.25) is 0 Å². The number of aromatic nitrogens is 2. The van der Waals surface area contributed by atoms with E-state index < -0.39 is 0 Å². The van der Waals surface area contributed by atoms with Crippen molar-refractivity contribution in [2.24, 2.45) is 0 Å². The Morgan fingerprint density at radius 1 is 1.27 bits per heavy atom.